The van der Waals surface area contributed by atoms with Crippen LogP contribution in [0, 0.1) is 0 Å². The molecule has 0 aliphatic carbocycles. The molecule has 2 heterocycles. The third-order valence-electron chi connectivity index (χ3n) is 3.05. The number of anilines is 2. The molecule has 3 N–H and O–H groups in total. The van der Waals surface area contributed by atoms with Gasteiger partial charge in [-0.1, -0.05) is 0 Å². The van der Waals surface area contributed by atoms with Gasteiger partial charge < -0.3 is 16.0 Å². The molecule has 1 aliphatic rings. The summed E-state index contributed by atoms with van der Waals surface area (Å²) in [4.78, 5) is 22.0. The number of carbonyl (C=O) groups excluding carboxylic acids is 1. The van der Waals surface area contributed by atoms with Gasteiger partial charge in [0.1, 0.15) is 11.9 Å². The van der Waals surface area contributed by atoms with Crippen molar-refractivity contribution < 1.29 is 4.79 Å². The average Bonchev–Trinajstić information content (AvgIpc) is 2.39. The normalized spacial score (nSPS) is 19.7. The van der Waals surface area contributed by atoms with Crippen molar-refractivity contribution in [2.75, 3.05) is 23.8 Å². The fourth-order valence-corrected chi connectivity index (χ4v) is 2.58. The quantitative estimate of drug-likeness (QED) is 0.873. The Bertz CT molecular complexity index is 453. The summed E-state index contributed by atoms with van der Waals surface area (Å²) < 4.78 is 0.773. The van der Waals surface area contributed by atoms with Crippen LogP contribution in [0.4, 0.5) is 11.8 Å². The maximum Gasteiger partial charge on any atom is 0.240 e. The summed E-state index contributed by atoms with van der Waals surface area (Å²) in [7, 11) is 1.76. The number of halogens is 1. The number of piperidine rings is 1. The van der Waals surface area contributed by atoms with Gasteiger partial charge in [0, 0.05) is 19.8 Å². The molecule has 0 bridgehead atoms. The molecule has 1 aliphatic heterocycles. The smallest absolute Gasteiger partial charge is 0.240 e. The third kappa shape index (κ3) is 2.55. The molecule has 18 heavy (non-hydrogen) atoms. The first-order chi connectivity index (χ1) is 8.63. The lowest BCUT2D eigenvalue weighted by Crippen LogP contribution is -2.48. The minimum Gasteiger partial charge on any atom is -0.368 e. The first-order valence-corrected chi connectivity index (χ1v) is 6.69. The Morgan fingerprint density at radius 2 is 2.39 bits per heavy atom. The molecule has 1 saturated heterocycles. The van der Waals surface area contributed by atoms with E-state index in [1.54, 1.807) is 13.2 Å². The van der Waals surface area contributed by atoms with Gasteiger partial charge in [0.15, 0.2) is 0 Å². The van der Waals surface area contributed by atoms with E-state index in [0.717, 1.165) is 36.1 Å². The Kier molecular flexibility index (Phi) is 4.00. The van der Waals surface area contributed by atoms with Crippen molar-refractivity contribution in [1.82, 2.24) is 9.97 Å². The number of amides is 1. The Balaban J connectivity index is 2.35. The molecule has 1 amide bonds. The van der Waals surface area contributed by atoms with Crippen LogP contribution < -0.4 is 16.0 Å². The second kappa shape index (κ2) is 5.51. The maximum absolute atomic E-state index is 11.5. The van der Waals surface area contributed by atoms with Crippen molar-refractivity contribution in [1.29, 1.82) is 0 Å². The van der Waals surface area contributed by atoms with Gasteiger partial charge in [0.2, 0.25) is 11.9 Å². The minimum atomic E-state index is -0.300. The molecule has 2 rings (SSSR count). The van der Waals surface area contributed by atoms with E-state index < -0.39 is 0 Å². The van der Waals surface area contributed by atoms with Crippen molar-refractivity contribution in [2.45, 2.75) is 25.3 Å². The predicted molar refractivity (Wildman–Crippen MR) is 73.5 cm³/mol. The molecular weight excluding hydrogens is 298 g/mol. The van der Waals surface area contributed by atoms with E-state index in [1.165, 1.54) is 0 Å². The molecule has 1 aromatic rings. The molecule has 1 atom stereocenters. The van der Waals surface area contributed by atoms with Gasteiger partial charge in [-0.25, -0.2) is 4.98 Å². The van der Waals surface area contributed by atoms with Gasteiger partial charge >= 0.3 is 0 Å². The Hall–Kier alpha value is -1.37. The zero-order valence-corrected chi connectivity index (χ0v) is 11.8. The maximum atomic E-state index is 11.5. The van der Waals surface area contributed by atoms with Gasteiger partial charge in [-0.2, -0.15) is 4.98 Å². The van der Waals surface area contributed by atoms with Crippen molar-refractivity contribution in [3.05, 3.63) is 10.7 Å². The average molecular weight is 314 g/mol. The van der Waals surface area contributed by atoms with Crippen molar-refractivity contribution >= 4 is 33.6 Å². The topological polar surface area (TPSA) is 84.1 Å². The van der Waals surface area contributed by atoms with Crippen molar-refractivity contribution in [3.8, 4) is 0 Å². The highest BCUT2D eigenvalue weighted by Gasteiger charge is 2.29. The number of rotatable bonds is 3. The summed E-state index contributed by atoms with van der Waals surface area (Å²) in [6.45, 7) is 0.784. The zero-order chi connectivity index (χ0) is 13.1. The first-order valence-electron chi connectivity index (χ1n) is 5.89. The van der Waals surface area contributed by atoms with Gasteiger partial charge in [-0.05, 0) is 35.2 Å². The summed E-state index contributed by atoms with van der Waals surface area (Å²) in [6, 6.07) is -0.283. The number of aromatic nitrogens is 2. The Morgan fingerprint density at radius 1 is 1.61 bits per heavy atom. The van der Waals surface area contributed by atoms with E-state index >= 15 is 0 Å². The van der Waals surface area contributed by atoms with Crippen molar-refractivity contribution in [2.24, 2.45) is 5.73 Å². The van der Waals surface area contributed by atoms with Crippen LogP contribution in [0.2, 0.25) is 0 Å². The lowest BCUT2D eigenvalue weighted by molar-refractivity contribution is -0.119. The summed E-state index contributed by atoms with van der Waals surface area (Å²) in [5.41, 5.74) is 5.46. The fourth-order valence-electron chi connectivity index (χ4n) is 2.16. The van der Waals surface area contributed by atoms with Crippen molar-refractivity contribution in [3.63, 3.8) is 0 Å². The summed E-state index contributed by atoms with van der Waals surface area (Å²) in [6.07, 6.45) is 4.52. The number of nitrogens with zero attached hydrogens (tertiary/aromatic N) is 3. The van der Waals surface area contributed by atoms with E-state index in [1.807, 2.05) is 4.90 Å². The van der Waals surface area contributed by atoms with E-state index in [-0.39, 0.29) is 11.9 Å². The number of primary amides is 1. The van der Waals surface area contributed by atoms with Crippen LogP contribution >= 0.6 is 15.9 Å². The van der Waals surface area contributed by atoms with Crippen LogP contribution in [0.15, 0.2) is 10.7 Å². The highest BCUT2D eigenvalue weighted by Crippen LogP contribution is 2.29. The highest BCUT2D eigenvalue weighted by atomic mass is 79.9. The molecule has 98 valence electrons. The van der Waals surface area contributed by atoms with Crippen LogP contribution in [0.5, 0.6) is 0 Å². The molecule has 1 fully saturated rings. The zero-order valence-electron chi connectivity index (χ0n) is 10.2. The molecule has 1 unspecified atom stereocenters. The van der Waals surface area contributed by atoms with Gasteiger partial charge in [-0.3, -0.25) is 4.79 Å². The molecule has 0 spiro atoms. The number of nitrogens with two attached hydrogens (primary N) is 1. The predicted octanol–water partition coefficient (Wildman–Crippen LogP) is 1.12. The highest BCUT2D eigenvalue weighted by molar-refractivity contribution is 9.10. The molecule has 0 aromatic carbocycles. The lowest BCUT2D eigenvalue weighted by atomic mass is 10.0. The largest absolute Gasteiger partial charge is 0.368 e. The number of hydrogen-bond donors (Lipinski definition) is 2. The molecule has 1 aromatic heterocycles. The molecular formula is C11H16BrN5O. The summed E-state index contributed by atoms with van der Waals surface area (Å²) in [5, 5.41) is 2.89. The number of nitrogens with one attached hydrogen (secondary N) is 1. The molecule has 0 saturated carbocycles. The monoisotopic (exact) mass is 313 g/mol. The second-order valence-corrected chi connectivity index (χ2v) is 5.08. The molecule has 6 nitrogen and oxygen atoms in total. The second-order valence-electron chi connectivity index (χ2n) is 4.22. The third-order valence-corrected chi connectivity index (χ3v) is 3.61. The van der Waals surface area contributed by atoms with E-state index in [9.17, 15) is 4.79 Å². The summed E-state index contributed by atoms with van der Waals surface area (Å²) in [5.74, 6) is 0.950. The first kappa shape index (κ1) is 13.1. The van der Waals surface area contributed by atoms with Crippen LogP contribution in [0.25, 0.3) is 0 Å². The van der Waals surface area contributed by atoms with E-state index in [2.05, 4.69) is 31.2 Å². The molecule has 7 heteroatoms. The van der Waals surface area contributed by atoms with Crippen LogP contribution in [-0.4, -0.2) is 35.5 Å². The summed E-state index contributed by atoms with van der Waals surface area (Å²) >= 11 is 3.43. The van der Waals surface area contributed by atoms with E-state index in [0.29, 0.717) is 5.95 Å². The van der Waals surface area contributed by atoms with E-state index in [4.69, 9.17) is 5.73 Å². The molecule has 0 radical (unpaired) electrons. The SMILES string of the molecule is CNc1ncc(Br)c(N2CCCCC2C(N)=O)n1. The minimum absolute atomic E-state index is 0.283. The van der Waals surface area contributed by atoms with Gasteiger partial charge in [0.25, 0.3) is 0 Å². The number of hydrogen-bond acceptors (Lipinski definition) is 5. The lowest BCUT2D eigenvalue weighted by Gasteiger charge is -2.35. The van der Waals surface area contributed by atoms with Gasteiger partial charge in [0.05, 0.1) is 4.47 Å². The fraction of sp³-hybridized carbons (Fsp3) is 0.545. The van der Waals surface area contributed by atoms with Crippen LogP contribution in [0.1, 0.15) is 19.3 Å². The Morgan fingerprint density at radius 3 is 3.06 bits per heavy atom. The van der Waals surface area contributed by atoms with Crippen LogP contribution in [0.3, 0.4) is 0 Å². The standard InChI is InChI=1S/C11H16BrN5O/c1-14-11-15-6-7(12)10(16-11)17-5-3-2-4-8(17)9(13)18/h6,8H,2-5H2,1H3,(H2,13,18)(H,14,15,16). The Labute approximate surface area is 114 Å². The van der Waals surface area contributed by atoms with Gasteiger partial charge in [-0.15, -0.1) is 0 Å². The number of carbonyl (C=O) groups is 1. The van der Waals surface area contributed by atoms with Crippen LogP contribution in [-0.2, 0) is 4.79 Å².